The quantitative estimate of drug-likeness (QED) is 0.841. The number of hydrogen-bond acceptors (Lipinski definition) is 3. The van der Waals surface area contributed by atoms with E-state index in [0.29, 0.717) is 12.6 Å². The maximum atomic E-state index is 9.06. The number of aryl methyl sites for hydroxylation is 1. The average molecular weight is 221 g/mol. The summed E-state index contributed by atoms with van der Waals surface area (Å²) in [5.41, 5.74) is 2.51. The van der Waals surface area contributed by atoms with E-state index in [9.17, 15) is 0 Å². The van der Waals surface area contributed by atoms with Gasteiger partial charge in [0.2, 0.25) is 0 Å². The summed E-state index contributed by atoms with van der Waals surface area (Å²) in [7, 11) is 0. The standard InChI is InChI=1S/C13H19NO2/c1-11-3-2-4-12(9-11)14-6-8-16-10-13(14)5-7-15/h2-4,9,13,15H,5-8,10H2,1H3. The number of ether oxygens (including phenoxy) is 1. The van der Waals surface area contributed by atoms with E-state index in [-0.39, 0.29) is 6.61 Å². The number of rotatable bonds is 3. The molecule has 0 aliphatic carbocycles. The fourth-order valence-corrected chi connectivity index (χ4v) is 2.19. The highest BCUT2D eigenvalue weighted by Gasteiger charge is 2.22. The molecule has 3 nitrogen and oxygen atoms in total. The molecule has 1 N–H and O–H groups in total. The van der Waals surface area contributed by atoms with Crippen molar-refractivity contribution in [1.82, 2.24) is 0 Å². The Kier molecular flexibility index (Phi) is 3.80. The molecule has 1 aliphatic rings. The van der Waals surface area contributed by atoms with Gasteiger partial charge in [0.25, 0.3) is 0 Å². The second-order valence-electron chi connectivity index (χ2n) is 4.27. The van der Waals surface area contributed by atoms with Crippen LogP contribution in [0.4, 0.5) is 5.69 Å². The van der Waals surface area contributed by atoms with Gasteiger partial charge in [0, 0.05) is 18.8 Å². The third kappa shape index (κ3) is 2.54. The number of aliphatic hydroxyl groups excluding tert-OH is 1. The Morgan fingerprint density at radius 1 is 1.50 bits per heavy atom. The van der Waals surface area contributed by atoms with Gasteiger partial charge < -0.3 is 14.7 Å². The van der Waals surface area contributed by atoms with E-state index >= 15 is 0 Å². The van der Waals surface area contributed by atoms with Crippen molar-refractivity contribution in [3.63, 3.8) is 0 Å². The van der Waals surface area contributed by atoms with Crippen molar-refractivity contribution in [3.05, 3.63) is 29.8 Å². The molecule has 1 atom stereocenters. The zero-order chi connectivity index (χ0) is 11.4. The van der Waals surface area contributed by atoms with Gasteiger partial charge in [-0.2, -0.15) is 0 Å². The monoisotopic (exact) mass is 221 g/mol. The smallest absolute Gasteiger partial charge is 0.0671 e. The van der Waals surface area contributed by atoms with Crippen LogP contribution < -0.4 is 4.90 Å². The Labute approximate surface area is 96.6 Å². The highest BCUT2D eigenvalue weighted by molar-refractivity contribution is 5.49. The lowest BCUT2D eigenvalue weighted by Gasteiger charge is -2.37. The summed E-state index contributed by atoms with van der Waals surface area (Å²) in [6.07, 6.45) is 0.772. The van der Waals surface area contributed by atoms with Crippen molar-refractivity contribution in [2.75, 3.05) is 31.3 Å². The lowest BCUT2D eigenvalue weighted by molar-refractivity contribution is 0.0850. The van der Waals surface area contributed by atoms with Gasteiger partial charge in [0.1, 0.15) is 0 Å². The Morgan fingerprint density at radius 2 is 2.38 bits per heavy atom. The highest BCUT2D eigenvalue weighted by Crippen LogP contribution is 2.22. The molecule has 1 aromatic carbocycles. The molecule has 3 heteroatoms. The lowest BCUT2D eigenvalue weighted by atomic mass is 10.1. The van der Waals surface area contributed by atoms with Gasteiger partial charge in [0.15, 0.2) is 0 Å². The molecule has 1 heterocycles. The highest BCUT2D eigenvalue weighted by atomic mass is 16.5. The molecular formula is C13H19NO2. The van der Waals surface area contributed by atoms with Crippen LogP contribution in [0.5, 0.6) is 0 Å². The largest absolute Gasteiger partial charge is 0.396 e. The molecule has 0 radical (unpaired) electrons. The van der Waals surface area contributed by atoms with Crippen molar-refractivity contribution in [2.45, 2.75) is 19.4 Å². The molecule has 0 spiro atoms. The van der Waals surface area contributed by atoms with Gasteiger partial charge in [-0.25, -0.2) is 0 Å². The van der Waals surface area contributed by atoms with Crippen LogP contribution in [-0.4, -0.2) is 37.5 Å². The van der Waals surface area contributed by atoms with Gasteiger partial charge in [-0.3, -0.25) is 0 Å². The first-order chi connectivity index (χ1) is 7.81. The molecule has 1 saturated heterocycles. The number of hydrogen-bond donors (Lipinski definition) is 1. The minimum atomic E-state index is 0.219. The SMILES string of the molecule is Cc1cccc(N2CCOCC2CCO)c1. The number of aliphatic hydroxyl groups is 1. The molecule has 1 aromatic rings. The Balaban J connectivity index is 2.16. The Morgan fingerprint density at radius 3 is 3.12 bits per heavy atom. The number of morpholine rings is 1. The fourth-order valence-electron chi connectivity index (χ4n) is 2.19. The number of anilines is 1. The maximum Gasteiger partial charge on any atom is 0.0671 e. The second-order valence-corrected chi connectivity index (χ2v) is 4.27. The molecule has 2 rings (SSSR count). The normalized spacial score (nSPS) is 21.1. The van der Waals surface area contributed by atoms with Crippen molar-refractivity contribution in [3.8, 4) is 0 Å². The minimum absolute atomic E-state index is 0.219. The van der Waals surface area contributed by atoms with Crippen molar-refractivity contribution in [2.24, 2.45) is 0 Å². The van der Waals surface area contributed by atoms with Crippen LogP contribution in [-0.2, 0) is 4.74 Å². The van der Waals surface area contributed by atoms with Gasteiger partial charge in [-0.1, -0.05) is 12.1 Å². The van der Waals surface area contributed by atoms with Crippen LogP contribution in [0.15, 0.2) is 24.3 Å². The van der Waals surface area contributed by atoms with Crippen LogP contribution in [0, 0.1) is 6.92 Å². The maximum absolute atomic E-state index is 9.06. The molecule has 1 unspecified atom stereocenters. The molecule has 16 heavy (non-hydrogen) atoms. The summed E-state index contributed by atoms with van der Waals surface area (Å²) in [5.74, 6) is 0. The molecule has 0 saturated carbocycles. The average Bonchev–Trinajstić information content (AvgIpc) is 2.30. The molecule has 0 aromatic heterocycles. The summed E-state index contributed by atoms with van der Waals surface area (Å²) in [6, 6.07) is 8.81. The van der Waals surface area contributed by atoms with E-state index in [2.05, 4.69) is 36.1 Å². The second kappa shape index (κ2) is 5.32. The molecule has 88 valence electrons. The van der Waals surface area contributed by atoms with Crippen molar-refractivity contribution in [1.29, 1.82) is 0 Å². The topological polar surface area (TPSA) is 32.7 Å². The molecule has 0 bridgehead atoms. The van der Waals surface area contributed by atoms with Crippen LogP contribution in [0.1, 0.15) is 12.0 Å². The van der Waals surface area contributed by atoms with E-state index in [0.717, 1.165) is 19.6 Å². The third-order valence-electron chi connectivity index (χ3n) is 3.02. The van der Waals surface area contributed by atoms with E-state index in [1.54, 1.807) is 0 Å². The molecule has 1 fully saturated rings. The number of nitrogens with zero attached hydrogens (tertiary/aromatic N) is 1. The van der Waals surface area contributed by atoms with E-state index in [1.165, 1.54) is 11.3 Å². The van der Waals surface area contributed by atoms with E-state index in [1.807, 2.05) is 0 Å². The van der Waals surface area contributed by atoms with Gasteiger partial charge in [-0.15, -0.1) is 0 Å². The van der Waals surface area contributed by atoms with E-state index < -0.39 is 0 Å². The van der Waals surface area contributed by atoms with Crippen molar-refractivity contribution >= 4 is 5.69 Å². The summed E-state index contributed by atoms with van der Waals surface area (Å²) < 4.78 is 5.46. The zero-order valence-corrected chi connectivity index (χ0v) is 9.72. The Bertz CT molecular complexity index is 338. The van der Waals surface area contributed by atoms with Crippen LogP contribution in [0.3, 0.4) is 0 Å². The predicted octanol–water partition coefficient (Wildman–Crippen LogP) is 1.58. The Hall–Kier alpha value is -1.06. The summed E-state index contributed by atoms with van der Waals surface area (Å²) in [4.78, 5) is 2.34. The summed E-state index contributed by atoms with van der Waals surface area (Å²) >= 11 is 0. The van der Waals surface area contributed by atoms with Crippen LogP contribution in [0.25, 0.3) is 0 Å². The van der Waals surface area contributed by atoms with Gasteiger partial charge in [0.05, 0.1) is 19.3 Å². The lowest BCUT2D eigenvalue weighted by Crippen LogP contribution is -2.46. The van der Waals surface area contributed by atoms with E-state index in [4.69, 9.17) is 9.84 Å². The third-order valence-corrected chi connectivity index (χ3v) is 3.02. The summed E-state index contributed by atoms with van der Waals surface area (Å²) in [5, 5.41) is 9.06. The van der Waals surface area contributed by atoms with Gasteiger partial charge in [-0.05, 0) is 31.0 Å². The van der Waals surface area contributed by atoms with Crippen LogP contribution >= 0.6 is 0 Å². The molecule has 1 aliphatic heterocycles. The fraction of sp³-hybridized carbons (Fsp3) is 0.538. The van der Waals surface area contributed by atoms with Crippen molar-refractivity contribution < 1.29 is 9.84 Å². The molecular weight excluding hydrogens is 202 g/mol. The number of benzene rings is 1. The van der Waals surface area contributed by atoms with Crippen LogP contribution in [0.2, 0.25) is 0 Å². The first-order valence-corrected chi connectivity index (χ1v) is 5.83. The minimum Gasteiger partial charge on any atom is -0.396 e. The predicted molar refractivity (Wildman–Crippen MR) is 64.8 cm³/mol. The zero-order valence-electron chi connectivity index (χ0n) is 9.72. The molecule has 0 amide bonds. The first-order valence-electron chi connectivity index (χ1n) is 5.83. The first kappa shape index (κ1) is 11.4. The van der Waals surface area contributed by atoms with Gasteiger partial charge >= 0.3 is 0 Å². The summed E-state index contributed by atoms with van der Waals surface area (Å²) in [6.45, 7) is 4.72.